The van der Waals surface area contributed by atoms with Crippen LogP contribution in [0.25, 0.3) is 0 Å². The summed E-state index contributed by atoms with van der Waals surface area (Å²) >= 11 is 0. The first-order valence-corrected chi connectivity index (χ1v) is 14.2. The maximum atomic E-state index is 10.2. The lowest BCUT2D eigenvalue weighted by Gasteiger charge is -2.44. The van der Waals surface area contributed by atoms with Gasteiger partial charge in [-0.2, -0.15) is 0 Å². The number of aliphatic hydroxyl groups excluding tert-OH is 2. The van der Waals surface area contributed by atoms with Gasteiger partial charge in [0.2, 0.25) is 0 Å². The maximum Gasteiger partial charge on any atom is 0.135 e. The van der Waals surface area contributed by atoms with Crippen molar-refractivity contribution in [3.05, 3.63) is 84.0 Å². The highest BCUT2D eigenvalue weighted by Gasteiger charge is 2.50. The minimum atomic E-state index is -0.641. The fourth-order valence-electron chi connectivity index (χ4n) is 7.10. The van der Waals surface area contributed by atoms with Crippen LogP contribution in [0.2, 0.25) is 0 Å². The van der Waals surface area contributed by atoms with Crippen LogP contribution in [0.15, 0.2) is 83.6 Å². The number of benzene rings is 1. The summed E-state index contributed by atoms with van der Waals surface area (Å²) in [5.41, 5.74) is 5.33. The average Bonchev–Trinajstić information content (AvgIpc) is 3.27. The highest BCUT2D eigenvalue weighted by atomic mass is 16.6. The van der Waals surface area contributed by atoms with Gasteiger partial charge in [0.1, 0.15) is 12.3 Å². The zero-order valence-electron chi connectivity index (χ0n) is 23.1. The van der Waals surface area contributed by atoms with Gasteiger partial charge in [0.05, 0.1) is 18.8 Å². The number of allylic oxidation sites excluding steroid dienone is 3. The zero-order valence-corrected chi connectivity index (χ0v) is 23.1. The Morgan fingerprint density at radius 2 is 2.00 bits per heavy atom. The summed E-state index contributed by atoms with van der Waals surface area (Å²) < 4.78 is 6.25. The molecule has 206 valence electrons. The molecular weight excluding hydrogens is 474 g/mol. The van der Waals surface area contributed by atoms with Crippen LogP contribution in [-0.4, -0.2) is 48.0 Å². The van der Waals surface area contributed by atoms with E-state index in [0.717, 1.165) is 28.8 Å². The Balaban J connectivity index is 1.40. The van der Waals surface area contributed by atoms with Gasteiger partial charge in [-0.05, 0) is 72.8 Å². The summed E-state index contributed by atoms with van der Waals surface area (Å²) in [4.78, 5) is 5.39. The molecule has 3 saturated carbocycles. The molecule has 6 atom stereocenters. The molecule has 0 spiro atoms. The summed E-state index contributed by atoms with van der Waals surface area (Å²) in [5.74, 6) is 1.62. The second kappa shape index (κ2) is 13.1. The summed E-state index contributed by atoms with van der Waals surface area (Å²) in [7, 11) is 0. The predicted molar refractivity (Wildman–Crippen MR) is 154 cm³/mol. The van der Waals surface area contributed by atoms with Crippen LogP contribution in [-0.2, 0) is 9.57 Å². The lowest BCUT2D eigenvalue weighted by molar-refractivity contribution is 0.0450. The number of fused-ring (bicyclic) bond motifs is 1. The summed E-state index contributed by atoms with van der Waals surface area (Å²) in [5, 5.41) is 24.6. The fraction of sp³-hybridized carbons (Fsp3) is 0.545. The molecule has 0 radical (unpaired) electrons. The molecule has 0 aliphatic heterocycles. The van der Waals surface area contributed by atoms with Gasteiger partial charge in [0.15, 0.2) is 0 Å². The Kier molecular flexibility index (Phi) is 9.80. The van der Waals surface area contributed by atoms with Crippen LogP contribution in [0.1, 0.15) is 64.4 Å². The molecule has 1 aromatic carbocycles. The number of ether oxygens (including phenoxy) is 1. The summed E-state index contributed by atoms with van der Waals surface area (Å²) in [6.07, 6.45) is 11.9. The Morgan fingerprint density at radius 3 is 2.76 bits per heavy atom. The van der Waals surface area contributed by atoms with Gasteiger partial charge in [-0.25, -0.2) is 0 Å². The second-order valence-electron chi connectivity index (χ2n) is 11.6. The molecule has 0 amide bonds. The van der Waals surface area contributed by atoms with E-state index < -0.39 is 12.2 Å². The molecule has 0 aromatic heterocycles. The Bertz CT molecular complexity index is 1060. The van der Waals surface area contributed by atoms with Crippen molar-refractivity contribution in [2.24, 2.45) is 28.3 Å². The number of hydrogen-bond acceptors (Lipinski definition) is 5. The van der Waals surface area contributed by atoms with Gasteiger partial charge in [0.25, 0.3) is 0 Å². The van der Waals surface area contributed by atoms with Crippen LogP contribution in [0.3, 0.4) is 0 Å². The minimum absolute atomic E-state index is 0.261. The van der Waals surface area contributed by atoms with E-state index in [4.69, 9.17) is 9.57 Å². The standard InChI is InChI=1S/C33H45NO4/c1-5-18-38-34-31(26-10-7-6-8-11-26)22-37-21-23(2)29-15-16-30-25(12-9-17-33(29,30)4)13-14-27-19-28(35)20-32(36)24(27)3/h5-8,10-11,13-14,23,28-30,32,35-36H,1,3,9,12,15-22H2,2,4H3/b25-13+,27-14-,34-31+/t23-,28-,29-,30+,32+,33-/m1/s1. The molecule has 0 unspecified atom stereocenters. The highest BCUT2D eigenvalue weighted by molar-refractivity contribution is 6.01. The van der Waals surface area contributed by atoms with E-state index in [1.54, 1.807) is 6.08 Å². The van der Waals surface area contributed by atoms with E-state index in [-0.39, 0.29) is 5.41 Å². The van der Waals surface area contributed by atoms with E-state index >= 15 is 0 Å². The summed E-state index contributed by atoms with van der Waals surface area (Å²) in [6.45, 7) is 14.1. The van der Waals surface area contributed by atoms with Crippen LogP contribution < -0.4 is 0 Å². The monoisotopic (exact) mass is 519 g/mol. The molecule has 3 aliphatic carbocycles. The minimum Gasteiger partial charge on any atom is -0.393 e. The third kappa shape index (κ3) is 6.56. The Hall–Kier alpha value is -2.47. The van der Waals surface area contributed by atoms with E-state index in [1.807, 2.05) is 30.3 Å². The molecule has 4 rings (SSSR count). The average molecular weight is 520 g/mol. The molecule has 1 aromatic rings. The van der Waals surface area contributed by atoms with E-state index in [1.165, 1.54) is 31.3 Å². The molecule has 2 N–H and O–H groups in total. The predicted octanol–water partition coefficient (Wildman–Crippen LogP) is 6.39. The largest absolute Gasteiger partial charge is 0.393 e. The molecule has 0 heterocycles. The van der Waals surface area contributed by atoms with Gasteiger partial charge in [-0.3, -0.25) is 0 Å². The van der Waals surface area contributed by atoms with Crippen molar-refractivity contribution in [2.75, 3.05) is 19.8 Å². The van der Waals surface area contributed by atoms with Crippen molar-refractivity contribution < 1.29 is 19.8 Å². The van der Waals surface area contributed by atoms with Crippen LogP contribution in [0, 0.1) is 23.2 Å². The number of oxime groups is 1. The number of hydrogen-bond donors (Lipinski definition) is 2. The van der Waals surface area contributed by atoms with Crippen LogP contribution in [0.4, 0.5) is 0 Å². The smallest absolute Gasteiger partial charge is 0.135 e. The molecular formula is C33H45NO4. The van der Waals surface area contributed by atoms with Gasteiger partial charge < -0.3 is 19.8 Å². The van der Waals surface area contributed by atoms with Crippen LogP contribution in [0.5, 0.6) is 0 Å². The third-order valence-electron chi connectivity index (χ3n) is 9.08. The highest BCUT2D eigenvalue weighted by Crippen LogP contribution is 2.59. The Morgan fingerprint density at radius 1 is 1.21 bits per heavy atom. The van der Waals surface area contributed by atoms with Gasteiger partial charge >= 0.3 is 0 Å². The van der Waals surface area contributed by atoms with Gasteiger partial charge in [0, 0.05) is 18.6 Å². The van der Waals surface area contributed by atoms with Crippen molar-refractivity contribution in [2.45, 2.75) is 71.0 Å². The lowest BCUT2D eigenvalue weighted by Crippen LogP contribution is -2.37. The first-order valence-electron chi connectivity index (χ1n) is 14.2. The number of rotatable bonds is 10. The van der Waals surface area contributed by atoms with Crippen LogP contribution >= 0.6 is 0 Å². The lowest BCUT2D eigenvalue weighted by atomic mass is 9.61. The molecule has 5 heteroatoms. The van der Waals surface area contributed by atoms with E-state index in [9.17, 15) is 10.2 Å². The topological polar surface area (TPSA) is 71.3 Å². The molecule has 0 bridgehead atoms. The van der Waals surface area contributed by atoms with Crippen molar-refractivity contribution in [1.82, 2.24) is 0 Å². The van der Waals surface area contributed by atoms with Gasteiger partial charge in [-0.15, -0.1) is 0 Å². The van der Waals surface area contributed by atoms with Crippen molar-refractivity contribution in [3.63, 3.8) is 0 Å². The normalized spacial score (nSPS) is 32.8. The quantitative estimate of drug-likeness (QED) is 0.163. The third-order valence-corrected chi connectivity index (χ3v) is 9.08. The zero-order chi connectivity index (χ0) is 27.1. The first kappa shape index (κ1) is 28.5. The van der Waals surface area contributed by atoms with Crippen molar-refractivity contribution in [3.8, 4) is 0 Å². The molecule has 5 nitrogen and oxygen atoms in total. The fourth-order valence-corrected chi connectivity index (χ4v) is 7.10. The SMILES string of the molecule is C=CCO/N=C(\COC[C@@H](C)[C@H]1CC[C@H]2/C(=C/C=C3/C[C@@H](O)C[C@H](O)C3=C)CCC[C@]12C)c1ccccc1. The summed E-state index contributed by atoms with van der Waals surface area (Å²) in [6, 6.07) is 10.0. The van der Waals surface area contributed by atoms with Crippen molar-refractivity contribution >= 4 is 5.71 Å². The van der Waals surface area contributed by atoms with Crippen molar-refractivity contribution in [1.29, 1.82) is 0 Å². The number of nitrogens with zero attached hydrogens (tertiary/aromatic N) is 1. The molecule has 3 fully saturated rings. The first-order chi connectivity index (χ1) is 18.3. The number of aliphatic hydroxyl groups is 2. The Labute approximate surface area is 228 Å². The van der Waals surface area contributed by atoms with E-state index in [0.29, 0.717) is 50.4 Å². The van der Waals surface area contributed by atoms with Gasteiger partial charge in [-0.1, -0.05) is 86.3 Å². The second-order valence-corrected chi connectivity index (χ2v) is 11.6. The molecule has 0 saturated heterocycles. The molecule has 38 heavy (non-hydrogen) atoms. The molecule has 3 aliphatic rings. The van der Waals surface area contributed by atoms with E-state index in [2.05, 4.69) is 44.3 Å². The maximum absolute atomic E-state index is 10.2.